The molecular weight excluding hydrogens is 2330 g/mol. The monoisotopic (exact) mass is 2470 g/mol. The second-order valence-electron chi connectivity index (χ2n) is 42.5. The van der Waals surface area contributed by atoms with Gasteiger partial charge in [-0.1, -0.05) is 158 Å². The summed E-state index contributed by atoms with van der Waals surface area (Å²) in [6, 6.07) is 46.1. The van der Waals surface area contributed by atoms with Crippen LogP contribution in [0.2, 0.25) is 140 Å². The number of cyclic esters (lactones) is 1. The van der Waals surface area contributed by atoms with Crippen LogP contribution >= 0.6 is 147 Å². The molecule has 820 valence electrons. The van der Waals surface area contributed by atoms with Crippen LogP contribution in [-0.4, -0.2) is 241 Å². The first-order chi connectivity index (χ1) is 68.7. The minimum Gasteiger partial charge on any atom is -0.458 e. The fourth-order valence-corrected chi connectivity index (χ4v) is 28.8. The average Bonchev–Trinajstić information content (AvgIpc) is 1.72. The van der Waals surface area contributed by atoms with Gasteiger partial charge in [-0.15, -0.1) is 56.7 Å². The van der Waals surface area contributed by atoms with Gasteiger partial charge in [0.2, 0.25) is 11.6 Å². The van der Waals surface area contributed by atoms with Crippen molar-refractivity contribution in [1.82, 2.24) is 0 Å². The molecule has 10 aromatic rings. The Morgan fingerprint density at radius 3 is 1.28 bits per heavy atom. The molecule has 43 heteroatoms. The Morgan fingerprint density at radius 1 is 0.439 bits per heavy atom. The highest BCUT2D eigenvalue weighted by atomic mass is 79.9. The lowest BCUT2D eigenvalue weighted by molar-refractivity contribution is -0.366. The number of ether oxygens (including phenoxy) is 5. The first-order valence-electron chi connectivity index (χ1n) is 48.6. The van der Waals surface area contributed by atoms with Crippen LogP contribution in [0.1, 0.15) is 148 Å². The van der Waals surface area contributed by atoms with Gasteiger partial charge in [-0.25, -0.2) is 4.79 Å². The number of esters is 1. The van der Waals surface area contributed by atoms with Gasteiger partial charge < -0.3 is 112 Å². The summed E-state index contributed by atoms with van der Waals surface area (Å²) in [5, 5.41) is 127. The molecule has 4 aliphatic heterocycles. The van der Waals surface area contributed by atoms with Gasteiger partial charge in [0.1, 0.15) is 110 Å². The normalized spacial score (nSPS) is 25.4. The molecule has 14 rings (SSSR count). The van der Waals surface area contributed by atoms with Crippen molar-refractivity contribution in [3.8, 4) is 0 Å². The third kappa shape index (κ3) is 37.1. The number of aliphatic hydroxyl groups excluding tert-OH is 11. The van der Waals surface area contributed by atoms with Crippen LogP contribution in [0.3, 0.4) is 0 Å². The van der Waals surface area contributed by atoms with Gasteiger partial charge >= 0.3 is 5.97 Å². The Balaban J connectivity index is 0.000000221. The van der Waals surface area contributed by atoms with Crippen molar-refractivity contribution in [3.63, 3.8) is 0 Å². The highest BCUT2D eigenvalue weighted by molar-refractivity contribution is 9.10. The minimum absolute atomic E-state index is 0.257. The number of aliphatic hydroxyl groups is 12. The number of carbonyl (C=O) groups excluding carboxylic acids is 2. The van der Waals surface area contributed by atoms with Crippen molar-refractivity contribution in [3.05, 3.63) is 279 Å². The smallest absolute Gasteiger partial charge is 0.337 e. The zero-order valence-electron chi connectivity index (χ0n) is 88.5. The lowest BCUT2D eigenvalue weighted by atomic mass is 9.85. The maximum absolute atomic E-state index is 12.6. The van der Waals surface area contributed by atoms with Crippen molar-refractivity contribution in [2.24, 2.45) is 0 Å². The number of benzene rings is 5. The summed E-state index contributed by atoms with van der Waals surface area (Å²) in [7, 11) is -10.7. The quantitative estimate of drug-likeness (QED) is 0.0118. The number of aryl methyl sites for hydroxylation is 5. The Hall–Kier alpha value is -3.43. The molecule has 6 unspecified atom stereocenters. The van der Waals surface area contributed by atoms with Crippen LogP contribution in [0, 0.1) is 34.6 Å². The lowest BCUT2D eigenvalue weighted by Gasteiger charge is -2.54. The molecule has 0 spiro atoms. The number of carbonyl (C=O) groups is 2. The molecule has 0 amide bonds. The summed E-state index contributed by atoms with van der Waals surface area (Å²) >= 11 is 43.2. The number of hydrogen-bond donors (Lipinski definition) is 12. The second kappa shape index (κ2) is 56.4. The first kappa shape index (κ1) is 130. The van der Waals surface area contributed by atoms with E-state index in [0.29, 0.717) is 65.0 Å². The van der Waals surface area contributed by atoms with E-state index in [4.69, 9.17) is 108 Å². The molecule has 0 aliphatic carbocycles. The van der Waals surface area contributed by atoms with Crippen LogP contribution in [-0.2, 0) is 73.0 Å². The number of methoxy groups -OCH3 is 1. The molecule has 25 nitrogen and oxygen atoms in total. The van der Waals surface area contributed by atoms with E-state index in [1.165, 1.54) is 52.5 Å². The molecule has 0 radical (unpaired) electrons. The average molecular weight is 2480 g/mol. The predicted molar refractivity (Wildman–Crippen MR) is 618 cm³/mol. The van der Waals surface area contributed by atoms with E-state index in [1.54, 1.807) is 53.8 Å². The number of rotatable bonds is 29. The third-order valence-electron chi connectivity index (χ3n) is 23.7. The molecule has 4 saturated heterocycles. The van der Waals surface area contributed by atoms with Crippen LogP contribution in [0.5, 0.6) is 0 Å². The van der Waals surface area contributed by atoms with Gasteiger partial charge in [-0.2, -0.15) is 0 Å². The molecular formula is C105H147Br2Cl5O25S5Si6. The number of halogens is 7. The predicted octanol–water partition coefficient (Wildman–Crippen LogP) is 23.8. The molecule has 5 aromatic carbocycles. The van der Waals surface area contributed by atoms with E-state index >= 15 is 0 Å². The van der Waals surface area contributed by atoms with Crippen LogP contribution in [0.4, 0.5) is 0 Å². The molecule has 22 atom stereocenters. The van der Waals surface area contributed by atoms with E-state index in [-0.39, 0.29) is 30.4 Å². The van der Waals surface area contributed by atoms with Crippen molar-refractivity contribution in [2.75, 3.05) is 20.3 Å². The highest BCUT2D eigenvalue weighted by Crippen LogP contribution is 2.48. The summed E-state index contributed by atoms with van der Waals surface area (Å²) in [5.41, 5.74) is 10.4. The highest BCUT2D eigenvalue weighted by Gasteiger charge is 2.60. The summed E-state index contributed by atoms with van der Waals surface area (Å²) in [4.78, 5) is 26.3. The van der Waals surface area contributed by atoms with Gasteiger partial charge in [0.05, 0.1) is 47.1 Å². The van der Waals surface area contributed by atoms with Gasteiger partial charge in [0.15, 0.2) is 56.0 Å². The Morgan fingerprint density at radius 2 is 0.865 bits per heavy atom. The van der Waals surface area contributed by atoms with Crippen LogP contribution in [0.15, 0.2) is 166 Å². The van der Waals surface area contributed by atoms with Crippen LogP contribution < -0.4 is 0 Å². The topological polar surface area (TPSA) is 378 Å². The van der Waals surface area contributed by atoms with E-state index < -0.39 is 172 Å². The Bertz CT molecular complexity index is 5870. The van der Waals surface area contributed by atoms with Crippen LogP contribution in [0.25, 0.3) is 0 Å². The van der Waals surface area contributed by atoms with Gasteiger partial charge in [-0.3, -0.25) is 4.79 Å². The fourth-order valence-electron chi connectivity index (χ4n) is 16.7. The number of thiophene rings is 5. The van der Waals surface area contributed by atoms with Crippen molar-refractivity contribution in [1.29, 1.82) is 0 Å². The van der Waals surface area contributed by atoms with Crippen molar-refractivity contribution < 1.29 is 121 Å². The van der Waals surface area contributed by atoms with E-state index in [2.05, 4.69) is 150 Å². The summed E-state index contributed by atoms with van der Waals surface area (Å²) < 4.78 is 73.9. The molecule has 4 fully saturated rings. The van der Waals surface area contributed by atoms with E-state index in [0.717, 1.165) is 83.0 Å². The minimum atomic E-state index is -2.21. The van der Waals surface area contributed by atoms with E-state index in [9.17, 15) is 70.9 Å². The van der Waals surface area contributed by atoms with Crippen molar-refractivity contribution >= 4 is 209 Å². The molecule has 4 aliphatic rings. The molecule has 12 N–H and O–H groups in total. The maximum atomic E-state index is 12.6. The maximum Gasteiger partial charge on any atom is 0.337 e. The van der Waals surface area contributed by atoms with E-state index in [1.807, 2.05) is 163 Å². The molecule has 5 aromatic heterocycles. The zero-order chi connectivity index (χ0) is 111. The second-order valence-corrected chi connectivity index (χ2v) is 79.7. The summed E-state index contributed by atoms with van der Waals surface area (Å²) in [6.45, 7) is 51.0. The number of aldehydes is 1. The summed E-state index contributed by atoms with van der Waals surface area (Å²) in [5.74, 6) is -3.94. The lowest BCUT2D eigenvalue weighted by Crippen LogP contribution is -2.68. The standard InChI is InChI=1S/C28H47ClO6SSi3.C19H23ClO7S.C18H21ClO5S.C16H36O5Si3.C12H10BrClOS.C8H7BrO.C4H3ClS/c1-12-21-25(33-37(3,4)5)26(34-38(6,7)8)27(35-39(9,10)11)28(31,32-21)19-14-13-18(2)20(17-19)24(30)22-15-16-23(29)36-22;1-9-3-4-10(7-11(9)15(22)13-5-6-14(20)28-13)19(26-2)18(25)17(24)16(23)12(8-21)27-19;1-9-2-3-10(6-11(9)7-12-4-5-14(19)25-12)18-17(23)16(22)15(21)13(8-20)24-18;1-11-12-13(19-22(2,3)4)14(20-23(5,6)7)15(16(17)18-12)21-24(8,9)10;1-7-2-3-8(13)6-9(7)12(15)10-4-5-11(14)16-10;1-6-2-3-8(9)4-7(6)5-10;5-4-2-1-3-6-4/h13-17,21,24-27,30-31H,12H2,1-11H3;3-7,12,15-18,21-25H,8H2,1-2H3;2-6,13,15-18,20-23H,7-8H2,1H3;12-15H,11H2,1-10H3;2-6,12,15H,1H3;2-5H,1H3;1-3H/t21-,24?,25-,26+,27-,28?;12-,15?,16-,17+,18-,19?;13-,15-,16+,17-,18?;12-,13-,14+,15-;;;/m1111.../s1. The molecule has 9 heterocycles. The molecule has 148 heavy (non-hydrogen) atoms. The zero-order valence-corrected chi connectivity index (χ0v) is 106. The molecule has 0 saturated carbocycles. The Labute approximate surface area is 940 Å². The SMILES string of the molecule is CC[C@H]1OC(=O)[C@H](O[Si](C)(C)C)[C@@H](O[Si](C)(C)C)[C@@H]1O[Si](C)(C)C.CC[C@H]1OC(O)(c2ccc(C)c(C(O)c3ccc(Cl)s3)c2)[C@H](O[Si](C)(C)C)[C@@H](O[Si](C)(C)C)[C@@H]1O[Si](C)(C)C.COC1(c2ccc(C)c(C(O)c3ccc(Cl)s3)c2)O[C@H](CO)[C@@H](O)[C@H](O)[C@H]1O.Cc1ccc(Br)cc1C(O)c1ccc(Cl)s1.Cc1ccc(Br)cc1C=O.Cc1ccc(C2O[C@H](CO)[C@@H](O)[C@H](O)[C@H]2O)cc1Cc1ccc(Cl)s1.Clc1cccs1. The summed E-state index contributed by atoms with van der Waals surface area (Å²) in [6.07, 6.45) is -14.9. The number of hydrogen-bond acceptors (Lipinski definition) is 30. The third-order valence-corrected chi connectivity index (χ3v) is 36.7. The largest absolute Gasteiger partial charge is 0.458 e. The van der Waals surface area contributed by atoms with Crippen molar-refractivity contribution in [2.45, 2.75) is 319 Å². The Kier molecular flexibility index (Phi) is 49.4. The first-order valence-corrected chi connectivity index (χ1v) is 76.7. The molecule has 0 bridgehead atoms. The fraction of sp³-hybridized carbons (Fsp3) is 0.505. The van der Waals surface area contributed by atoms with Gasteiger partial charge in [0.25, 0.3) is 0 Å². The van der Waals surface area contributed by atoms with Gasteiger partial charge in [0, 0.05) is 58.7 Å². The van der Waals surface area contributed by atoms with Gasteiger partial charge in [-0.05, 0) is 323 Å².